The third kappa shape index (κ3) is 4.10. The molecule has 114 valence electrons. The Kier molecular flexibility index (Phi) is 6.26. The van der Waals surface area contributed by atoms with Gasteiger partial charge in [0.05, 0.1) is 26.4 Å². The van der Waals surface area contributed by atoms with E-state index in [1.165, 1.54) is 0 Å². The van der Waals surface area contributed by atoms with Gasteiger partial charge in [-0.3, -0.25) is 0 Å². The number of benzene rings is 1. The van der Waals surface area contributed by atoms with Gasteiger partial charge >= 0.3 is 0 Å². The molecule has 1 atom stereocenters. The van der Waals surface area contributed by atoms with Gasteiger partial charge in [0.1, 0.15) is 0 Å². The number of nitrogens with one attached hydrogen (secondary N) is 1. The molecule has 0 aliphatic carbocycles. The Hall–Kier alpha value is -1.30. The summed E-state index contributed by atoms with van der Waals surface area (Å²) in [5.41, 5.74) is 0.464. The molecule has 0 amide bonds. The quantitative estimate of drug-likeness (QED) is 0.747. The molecular formula is C15H26N2O3. The van der Waals surface area contributed by atoms with Crippen LogP contribution in [-0.4, -0.2) is 58.0 Å². The standard InChI is InChI=1S/C15H26N2O3/c1-15(11-18,16-8-9-17(2)3)12-6-7-13(19-4)14(10-12)20-5/h6-7,10,16,18H,8-9,11H2,1-5H3. The first-order chi connectivity index (χ1) is 9.46. The molecule has 1 aromatic rings. The molecule has 0 bridgehead atoms. The van der Waals surface area contributed by atoms with E-state index in [0.717, 1.165) is 18.7 Å². The van der Waals surface area contributed by atoms with E-state index in [9.17, 15) is 5.11 Å². The summed E-state index contributed by atoms with van der Waals surface area (Å²) in [6, 6.07) is 5.70. The first-order valence-corrected chi connectivity index (χ1v) is 6.70. The van der Waals surface area contributed by atoms with Crippen LogP contribution in [0, 0.1) is 0 Å². The molecule has 1 aromatic carbocycles. The van der Waals surface area contributed by atoms with Gasteiger partial charge in [0.2, 0.25) is 0 Å². The van der Waals surface area contributed by atoms with E-state index in [0.29, 0.717) is 11.5 Å². The maximum atomic E-state index is 9.75. The van der Waals surface area contributed by atoms with Gasteiger partial charge in [-0.2, -0.15) is 0 Å². The highest BCUT2D eigenvalue weighted by Crippen LogP contribution is 2.32. The van der Waals surface area contributed by atoms with Gasteiger partial charge in [-0.05, 0) is 38.7 Å². The minimum absolute atomic E-state index is 0.00983. The predicted octanol–water partition coefficient (Wildman–Crippen LogP) is 1.06. The third-order valence-corrected chi connectivity index (χ3v) is 3.41. The van der Waals surface area contributed by atoms with Gasteiger partial charge in [0, 0.05) is 13.1 Å². The number of ether oxygens (including phenoxy) is 2. The Morgan fingerprint density at radius 1 is 1.20 bits per heavy atom. The summed E-state index contributed by atoms with van der Waals surface area (Å²) in [5, 5.41) is 13.1. The average molecular weight is 282 g/mol. The van der Waals surface area contributed by atoms with E-state index >= 15 is 0 Å². The van der Waals surface area contributed by atoms with Gasteiger partial charge in [-0.15, -0.1) is 0 Å². The van der Waals surface area contributed by atoms with Gasteiger partial charge in [0.25, 0.3) is 0 Å². The molecule has 0 heterocycles. The molecule has 5 heteroatoms. The number of nitrogens with zero attached hydrogens (tertiary/aromatic N) is 1. The molecule has 0 radical (unpaired) electrons. The highest BCUT2D eigenvalue weighted by molar-refractivity contribution is 5.45. The second-order valence-electron chi connectivity index (χ2n) is 5.29. The van der Waals surface area contributed by atoms with Crippen LogP contribution >= 0.6 is 0 Å². The number of methoxy groups -OCH3 is 2. The molecule has 0 aliphatic rings. The molecular weight excluding hydrogens is 256 g/mol. The van der Waals surface area contributed by atoms with Crippen molar-refractivity contribution in [1.82, 2.24) is 10.2 Å². The number of hydrogen-bond donors (Lipinski definition) is 2. The molecule has 0 saturated carbocycles. The van der Waals surface area contributed by atoms with Gasteiger partial charge in [-0.25, -0.2) is 0 Å². The number of hydrogen-bond acceptors (Lipinski definition) is 5. The van der Waals surface area contributed by atoms with Crippen LogP contribution < -0.4 is 14.8 Å². The van der Waals surface area contributed by atoms with E-state index in [4.69, 9.17) is 9.47 Å². The molecule has 0 aliphatic heterocycles. The zero-order valence-corrected chi connectivity index (χ0v) is 13.1. The Morgan fingerprint density at radius 3 is 2.35 bits per heavy atom. The molecule has 0 spiro atoms. The lowest BCUT2D eigenvalue weighted by Gasteiger charge is -2.30. The SMILES string of the molecule is COc1ccc(C(C)(CO)NCCN(C)C)cc1OC. The lowest BCUT2D eigenvalue weighted by atomic mass is 9.92. The van der Waals surface area contributed by atoms with Gasteiger partial charge < -0.3 is 24.8 Å². The van der Waals surface area contributed by atoms with Crippen molar-refractivity contribution >= 4 is 0 Å². The van der Waals surface area contributed by atoms with Crippen molar-refractivity contribution in [2.45, 2.75) is 12.5 Å². The van der Waals surface area contributed by atoms with E-state index in [1.54, 1.807) is 14.2 Å². The smallest absolute Gasteiger partial charge is 0.161 e. The molecule has 0 aromatic heterocycles. The molecule has 0 fully saturated rings. The minimum Gasteiger partial charge on any atom is -0.493 e. The van der Waals surface area contributed by atoms with Crippen LogP contribution in [0.4, 0.5) is 0 Å². The maximum absolute atomic E-state index is 9.75. The Bertz CT molecular complexity index is 424. The van der Waals surface area contributed by atoms with Gasteiger partial charge in [-0.1, -0.05) is 6.07 Å². The molecule has 5 nitrogen and oxygen atoms in total. The van der Waals surface area contributed by atoms with Crippen molar-refractivity contribution in [2.75, 3.05) is 48.0 Å². The number of aliphatic hydroxyl groups excluding tert-OH is 1. The molecule has 2 N–H and O–H groups in total. The average Bonchev–Trinajstić information content (AvgIpc) is 2.45. The topological polar surface area (TPSA) is 54.0 Å². The fourth-order valence-electron chi connectivity index (χ4n) is 1.98. The molecule has 0 saturated heterocycles. The van der Waals surface area contributed by atoms with Crippen molar-refractivity contribution < 1.29 is 14.6 Å². The fourth-order valence-corrected chi connectivity index (χ4v) is 1.98. The minimum atomic E-state index is -0.504. The zero-order valence-electron chi connectivity index (χ0n) is 13.1. The van der Waals surface area contributed by atoms with E-state index < -0.39 is 5.54 Å². The number of likely N-dealkylation sites (N-methyl/N-ethyl adjacent to an activating group) is 1. The van der Waals surface area contributed by atoms with E-state index in [-0.39, 0.29) is 6.61 Å². The Morgan fingerprint density at radius 2 is 1.85 bits per heavy atom. The monoisotopic (exact) mass is 282 g/mol. The van der Waals surface area contributed by atoms with Crippen LogP contribution in [0.3, 0.4) is 0 Å². The van der Waals surface area contributed by atoms with E-state index in [1.807, 2.05) is 39.2 Å². The van der Waals surface area contributed by atoms with Crippen LogP contribution in [0.15, 0.2) is 18.2 Å². The van der Waals surface area contributed by atoms with Crippen molar-refractivity contribution in [3.05, 3.63) is 23.8 Å². The van der Waals surface area contributed by atoms with E-state index in [2.05, 4.69) is 10.2 Å². The summed E-state index contributed by atoms with van der Waals surface area (Å²) in [5.74, 6) is 1.35. The summed E-state index contributed by atoms with van der Waals surface area (Å²) in [6.45, 7) is 3.68. The van der Waals surface area contributed by atoms with Crippen LogP contribution in [0.2, 0.25) is 0 Å². The normalized spacial score (nSPS) is 14.2. The first-order valence-electron chi connectivity index (χ1n) is 6.70. The van der Waals surface area contributed by atoms with Gasteiger partial charge in [0.15, 0.2) is 11.5 Å². The summed E-state index contributed by atoms with van der Waals surface area (Å²) in [6.07, 6.45) is 0. The predicted molar refractivity (Wildman–Crippen MR) is 80.5 cm³/mol. The lowest BCUT2D eigenvalue weighted by Crippen LogP contribution is -2.45. The van der Waals surface area contributed by atoms with Crippen molar-refractivity contribution in [3.8, 4) is 11.5 Å². The zero-order chi connectivity index (χ0) is 15.2. The van der Waals surface area contributed by atoms with Crippen molar-refractivity contribution in [2.24, 2.45) is 0 Å². The van der Waals surface area contributed by atoms with Crippen molar-refractivity contribution in [1.29, 1.82) is 0 Å². The highest BCUT2D eigenvalue weighted by atomic mass is 16.5. The van der Waals surface area contributed by atoms with Crippen molar-refractivity contribution in [3.63, 3.8) is 0 Å². The fraction of sp³-hybridized carbons (Fsp3) is 0.600. The number of aliphatic hydroxyl groups is 1. The largest absolute Gasteiger partial charge is 0.493 e. The summed E-state index contributed by atoms with van der Waals surface area (Å²) in [4.78, 5) is 2.10. The van der Waals surface area contributed by atoms with Crippen LogP contribution in [-0.2, 0) is 5.54 Å². The summed E-state index contributed by atoms with van der Waals surface area (Å²) < 4.78 is 10.6. The van der Waals surface area contributed by atoms with Crippen LogP contribution in [0.5, 0.6) is 11.5 Å². The molecule has 1 unspecified atom stereocenters. The number of rotatable bonds is 8. The first kappa shape index (κ1) is 16.8. The second-order valence-corrected chi connectivity index (χ2v) is 5.29. The maximum Gasteiger partial charge on any atom is 0.161 e. The molecule has 1 rings (SSSR count). The molecule has 20 heavy (non-hydrogen) atoms. The van der Waals surface area contributed by atoms with Crippen LogP contribution in [0.1, 0.15) is 12.5 Å². The van der Waals surface area contributed by atoms with Crippen LogP contribution in [0.25, 0.3) is 0 Å². The highest BCUT2D eigenvalue weighted by Gasteiger charge is 2.26. The summed E-state index contributed by atoms with van der Waals surface area (Å²) >= 11 is 0. The second kappa shape index (κ2) is 7.47. The Balaban J connectivity index is 2.92. The lowest BCUT2D eigenvalue weighted by molar-refractivity contribution is 0.171. The third-order valence-electron chi connectivity index (χ3n) is 3.41. The summed E-state index contributed by atoms with van der Waals surface area (Å²) in [7, 11) is 7.26. The Labute approximate surface area is 121 Å².